The minimum Gasteiger partial charge on any atom is -0.444 e. The van der Waals surface area contributed by atoms with Gasteiger partial charge in [0.1, 0.15) is 5.60 Å². The number of nitrogens with one attached hydrogen (secondary N) is 2. The van der Waals surface area contributed by atoms with Crippen molar-refractivity contribution in [3.05, 3.63) is 41.4 Å². The third kappa shape index (κ3) is 6.43. The molecule has 1 amide bonds. The molecule has 22 heavy (non-hydrogen) atoms. The van der Waals surface area contributed by atoms with Crippen molar-refractivity contribution in [3.63, 3.8) is 0 Å². The first-order chi connectivity index (χ1) is 10.2. The van der Waals surface area contributed by atoms with Crippen LogP contribution in [-0.4, -0.2) is 18.0 Å². The summed E-state index contributed by atoms with van der Waals surface area (Å²) >= 11 is 1.56. The minimum atomic E-state index is -0.498. The number of hydrogen-bond donors (Lipinski definition) is 2. The molecule has 1 unspecified atom stereocenters. The lowest BCUT2D eigenvalue weighted by atomic mass is 10.0. The van der Waals surface area contributed by atoms with Gasteiger partial charge in [0.15, 0.2) is 0 Å². The summed E-state index contributed by atoms with van der Waals surface area (Å²) in [6.07, 6.45) is 2.36. The van der Waals surface area contributed by atoms with Crippen LogP contribution < -0.4 is 10.6 Å². The number of carbonyl (C=O) groups is 1. The molecule has 1 aromatic carbocycles. The molecule has 5 heteroatoms. The Bertz CT molecular complexity index is 524. The highest BCUT2D eigenvalue weighted by Crippen LogP contribution is 2.23. The first kappa shape index (κ1) is 18.4. The van der Waals surface area contributed by atoms with E-state index in [4.69, 9.17) is 4.74 Å². The molecule has 0 aliphatic heterocycles. The number of ether oxygens (including phenoxy) is 1. The number of amides is 1. The zero-order valence-corrected chi connectivity index (χ0v) is 14.8. The number of anilines is 1. The second-order valence-electron chi connectivity index (χ2n) is 5.98. The molecular formula is C17H26N2O2S. The third-order valence-corrected chi connectivity index (χ3v) is 3.51. The Morgan fingerprint density at radius 2 is 2.09 bits per heavy atom. The summed E-state index contributed by atoms with van der Waals surface area (Å²) in [6.45, 7) is 11.5. The summed E-state index contributed by atoms with van der Waals surface area (Å²) < 4.78 is 5.32. The summed E-state index contributed by atoms with van der Waals surface area (Å²) in [5.74, 6) is 0. The van der Waals surface area contributed by atoms with Crippen LogP contribution in [0.2, 0.25) is 0 Å². The molecule has 2 N–H and O–H groups in total. The Hall–Kier alpha value is -1.62. The van der Waals surface area contributed by atoms with E-state index in [2.05, 4.69) is 17.2 Å². The molecule has 1 rings (SSSR count). The molecule has 0 aromatic heterocycles. The van der Waals surface area contributed by atoms with Crippen LogP contribution in [0.25, 0.3) is 0 Å². The topological polar surface area (TPSA) is 50.4 Å². The van der Waals surface area contributed by atoms with Crippen molar-refractivity contribution in [1.82, 2.24) is 5.32 Å². The highest BCUT2D eigenvalue weighted by Gasteiger charge is 2.19. The molecule has 0 spiro atoms. The smallest absolute Gasteiger partial charge is 0.408 e. The first-order valence-electron chi connectivity index (χ1n) is 7.34. The van der Waals surface area contributed by atoms with Crippen LogP contribution in [0.1, 0.15) is 45.7 Å². The first-order valence-corrected chi connectivity index (χ1v) is 8.57. The molecule has 0 aliphatic rings. The summed E-state index contributed by atoms with van der Waals surface area (Å²) in [5, 5.41) is 7.02. The lowest BCUT2D eigenvalue weighted by molar-refractivity contribution is 0.0502. The van der Waals surface area contributed by atoms with Crippen LogP contribution in [0.15, 0.2) is 35.9 Å². The van der Waals surface area contributed by atoms with Crippen LogP contribution in [-0.2, 0) is 4.74 Å². The zero-order chi connectivity index (χ0) is 16.8. The molecule has 0 bridgehead atoms. The van der Waals surface area contributed by atoms with Gasteiger partial charge in [-0.05, 0) is 51.1 Å². The molecule has 0 saturated carbocycles. The quantitative estimate of drug-likeness (QED) is 0.781. The summed E-state index contributed by atoms with van der Waals surface area (Å²) in [7, 11) is 0. The molecule has 0 heterocycles. The molecule has 1 aromatic rings. The van der Waals surface area contributed by atoms with E-state index in [1.807, 2.05) is 58.2 Å². The normalized spacial score (nSPS) is 12.4. The van der Waals surface area contributed by atoms with Gasteiger partial charge < -0.3 is 15.4 Å². The zero-order valence-electron chi connectivity index (χ0n) is 14.0. The Morgan fingerprint density at radius 3 is 2.64 bits per heavy atom. The Labute approximate surface area is 137 Å². The average molecular weight is 322 g/mol. The maximum absolute atomic E-state index is 11.9. The fourth-order valence-electron chi connectivity index (χ4n) is 1.92. The highest BCUT2D eigenvalue weighted by atomic mass is 32.2. The van der Waals surface area contributed by atoms with E-state index in [9.17, 15) is 4.79 Å². The lowest BCUT2D eigenvalue weighted by Gasteiger charge is -2.23. The fraction of sp³-hybridized carbons (Fsp3) is 0.471. The van der Waals surface area contributed by atoms with E-state index >= 15 is 0 Å². The van der Waals surface area contributed by atoms with Gasteiger partial charge in [0.2, 0.25) is 0 Å². The number of thioether (sulfide) groups is 1. The molecular weight excluding hydrogens is 296 g/mol. The van der Waals surface area contributed by atoms with E-state index in [-0.39, 0.29) is 6.04 Å². The van der Waals surface area contributed by atoms with Gasteiger partial charge in [0, 0.05) is 5.69 Å². The van der Waals surface area contributed by atoms with Gasteiger partial charge in [0.05, 0.1) is 11.1 Å². The second-order valence-corrected chi connectivity index (χ2v) is 6.89. The number of hydrogen-bond acceptors (Lipinski definition) is 4. The van der Waals surface area contributed by atoms with Gasteiger partial charge in [-0.3, -0.25) is 0 Å². The van der Waals surface area contributed by atoms with Gasteiger partial charge in [-0.1, -0.05) is 25.6 Å². The number of carbonyl (C=O) groups excluding carboxylic acids is 1. The van der Waals surface area contributed by atoms with Gasteiger partial charge >= 0.3 is 6.09 Å². The van der Waals surface area contributed by atoms with E-state index in [0.717, 1.165) is 22.7 Å². The van der Waals surface area contributed by atoms with Crippen molar-refractivity contribution >= 4 is 23.5 Å². The van der Waals surface area contributed by atoms with Crippen LogP contribution in [0, 0.1) is 0 Å². The number of benzene rings is 1. The molecule has 122 valence electrons. The van der Waals surface area contributed by atoms with Gasteiger partial charge in [-0.25, -0.2) is 4.79 Å². The van der Waals surface area contributed by atoms with Crippen molar-refractivity contribution in [1.29, 1.82) is 0 Å². The minimum absolute atomic E-state index is 0.0841. The molecule has 0 fully saturated rings. The van der Waals surface area contributed by atoms with E-state index < -0.39 is 11.7 Å². The van der Waals surface area contributed by atoms with Gasteiger partial charge in [-0.15, -0.1) is 11.8 Å². The third-order valence-electron chi connectivity index (χ3n) is 2.92. The number of alkyl carbamates (subject to hydrolysis) is 1. The van der Waals surface area contributed by atoms with Crippen molar-refractivity contribution < 1.29 is 9.53 Å². The molecule has 0 aliphatic carbocycles. The van der Waals surface area contributed by atoms with Crippen molar-refractivity contribution in [2.24, 2.45) is 0 Å². The summed E-state index contributed by atoms with van der Waals surface area (Å²) in [6, 6.07) is 7.88. The SMILES string of the molecule is C=C(Nc1cccc(C(CC)NC(=O)OC(C)(C)C)c1)SC. The maximum atomic E-state index is 11.9. The predicted octanol–water partition coefficient (Wildman–Crippen LogP) is 4.91. The fourth-order valence-corrected chi connectivity index (χ4v) is 2.14. The molecule has 0 radical (unpaired) electrons. The molecule has 0 saturated heterocycles. The van der Waals surface area contributed by atoms with Crippen molar-refractivity contribution in [3.8, 4) is 0 Å². The monoisotopic (exact) mass is 322 g/mol. The van der Waals surface area contributed by atoms with Gasteiger partial charge in [-0.2, -0.15) is 0 Å². The van der Waals surface area contributed by atoms with Gasteiger partial charge in [0.25, 0.3) is 0 Å². The van der Waals surface area contributed by atoms with E-state index in [1.54, 1.807) is 11.8 Å². The average Bonchev–Trinajstić information content (AvgIpc) is 2.43. The molecule has 1 atom stereocenters. The second kappa shape index (κ2) is 8.13. The van der Waals surface area contributed by atoms with Crippen LogP contribution in [0.3, 0.4) is 0 Å². The van der Waals surface area contributed by atoms with Crippen LogP contribution in [0.4, 0.5) is 10.5 Å². The summed E-state index contributed by atoms with van der Waals surface area (Å²) in [4.78, 5) is 11.9. The van der Waals surface area contributed by atoms with E-state index in [0.29, 0.717) is 0 Å². The van der Waals surface area contributed by atoms with Crippen molar-refractivity contribution in [2.75, 3.05) is 11.6 Å². The maximum Gasteiger partial charge on any atom is 0.408 e. The Kier molecular flexibility index (Phi) is 6.81. The predicted molar refractivity (Wildman–Crippen MR) is 95.1 cm³/mol. The highest BCUT2D eigenvalue weighted by molar-refractivity contribution is 8.02. The van der Waals surface area contributed by atoms with Crippen LogP contribution >= 0.6 is 11.8 Å². The van der Waals surface area contributed by atoms with Crippen molar-refractivity contribution in [2.45, 2.75) is 45.8 Å². The largest absolute Gasteiger partial charge is 0.444 e. The van der Waals surface area contributed by atoms with E-state index in [1.165, 1.54) is 0 Å². The summed E-state index contributed by atoms with van der Waals surface area (Å²) in [5.41, 5.74) is 1.50. The molecule has 4 nitrogen and oxygen atoms in total. The van der Waals surface area contributed by atoms with Crippen LogP contribution in [0.5, 0.6) is 0 Å². The standard InChI is InChI=1S/C17H26N2O2S/c1-7-15(19-16(20)21-17(3,4)5)13-9-8-10-14(11-13)18-12(2)22-6/h8-11,15,18H,2,7H2,1,3-6H3,(H,19,20). The lowest BCUT2D eigenvalue weighted by Crippen LogP contribution is -2.34. The Balaban J connectivity index is 2.80. The number of rotatable bonds is 6. The Morgan fingerprint density at radius 1 is 1.41 bits per heavy atom.